The van der Waals surface area contributed by atoms with Gasteiger partial charge in [0.2, 0.25) is 5.91 Å². The zero-order valence-electron chi connectivity index (χ0n) is 10.6. The predicted molar refractivity (Wildman–Crippen MR) is 74.9 cm³/mol. The van der Waals surface area contributed by atoms with E-state index in [1.807, 2.05) is 24.3 Å². The van der Waals surface area contributed by atoms with Crippen LogP contribution in [0.15, 0.2) is 28.7 Å². The Morgan fingerprint density at radius 3 is 2.65 bits per heavy atom. The van der Waals surface area contributed by atoms with Gasteiger partial charge in [0.15, 0.2) is 0 Å². The number of rotatable bonds is 1. The first-order valence-corrected chi connectivity index (χ1v) is 7.88. The number of ether oxygens (including phenoxy) is 1. The standard InChI is InChI=1S/C15H14BrNO3/c16-6-1-3-7(4-2-6)17-14(18)10-8-5-9(11(10)15(17)19)13-12(8)20-13/h1-4,8-14,18H,5H2/t8?,9?,10?,11?,12?,13?,14-/m1/s1. The van der Waals surface area contributed by atoms with E-state index in [2.05, 4.69) is 15.9 Å². The summed E-state index contributed by atoms with van der Waals surface area (Å²) >= 11 is 3.39. The smallest absolute Gasteiger partial charge is 0.233 e. The Morgan fingerprint density at radius 1 is 1.20 bits per heavy atom. The lowest BCUT2D eigenvalue weighted by molar-refractivity contribution is -0.122. The number of anilines is 1. The van der Waals surface area contributed by atoms with Gasteiger partial charge < -0.3 is 9.84 Å². The normalized spacial score (nSPS) is 47.6. The Kier molecular flexibility index (Phi) is 2.13. The lowest BCUT2D eigenvalue weighted by Gasteiger charge is -2.25. The lowest BCUT2D eigenvalue weighted by Crippen LogP contribution is -2.37. The van der Waals surface area contributed by atoms with Crippen LogP contribution >= 0.6 is 15.9 Å². The Balaban J connectivity index is 1.54. The second kappa shape index (κ2) is 3.64. The number of benzene rings is 1. The minimum atomic E-state index is -0.700. The van der Waals surface area contributed by atoms with Crippen LogP contribution in [0.25, 0.3) is 0 Å². The monoisotopic (exact) mass is 335 g/mol. The largest absolute Gasteiger partial charge is 0.373 e. The average Bonchev–Trinajstić information content (AvgIpc) is 2.96. The molecule has 2 bridgehead atoms. The van der Waals surface area contributed by atoms with Crippen molar-refractivity contribution in [3.63, 3.8) is 0 Å². The minimum Gasteiger partial charge on any atom is -0.373 e. The maximum absolute atomic E-state index is 12.7. The number of carbonyl (C=O) groups excluding carboxylic acids is 1. The molecule has 1 N–H and O–H groups in total. The zero-order valence-corrected chi connectivity index (χ0v) is 12.2. The van der Waals surface area contributed by atoms with Crippen LogP contribution in [0.3, 0.4) is 0 Å². The number of amides is 1. The summed E-state index contributed by atoms with van der Waals surface area (Å²) in [6, 6.07) is 7.56. The highest BCUT2D eigenvalue weighted by molar-refractivity contribution is 9.10. The molecule has 2 aliphatic heterocycles. The fourth-order valence-electron chi connectivity index (χ4n) is 4.79. The highest BCUT2D eigenvalue weighted by atomic mass is 79.9. The SMILES string of the molecule is O=C1C2C3CC(C4OC34)C2[C@@H](O)N1c1ccc(Br)cc1. The van der Waals surface area contributed by atoms with Crippen LogP contribution in [0.2, 0.25) is 0 Å². The van der Waals surface area contributed by atoms with Crippen molar-refractivity contribution < 1.29 is 14.6 Å². The molecule has 2 aliphatic carbocycles. The Morgan fingerprint density at radius 2 is 1.90 bits per heavy atom. The van der Waals surface area contributed by atoms with Crippen LogP contribution in [-0.2, 0) is 9.53 Å². The topological polar surface area (TPSA) is 53.1 Å². The molecule has 2 saturated heterocycles. The predicted octanol–water partition coefficient (Wildman–Crippen LogP) is 1.76. The number of aliphatic hydroxyl groups is 1. The summed E-state index contributed by atoms with van der Waals surface area (Å²) in [4.78, 5) is 14.3. The third kappa shape index (κ3) is 1.27. The highest BCUT2D eigenvalue weighted by Gasteiger charge is 2.73. The lowest BCUT2D eigenvalue weighted by atomic mass is 9.81. The van der Waals surface area contributed by atoms with Gasteiger partial charge in [0.25, 0.3) is 0 Å². The minimum absolute atomic E-state index is 0.0394. The summed E-state index contributed by atoms with van der Waals surface area (Å²) in [5.74, 6) is 0.792. The van der Waals surface area contributed by atoms with Crippen molar-refractivity contribution in [2.75, 3.05) is 4.90 Å². The Hall–Kier alpha value is -0.910. The van der Waals surface area contributed by atoms with E-state index < -0.39 is 6.23 Å². The molecule has 6 unspecified atom stereocenters. The molecule has 2 saturated carbocycles. The molecular formula is C15H14BrNO3. The van der Waals surface area contributed by atoms with Crippen LogP contribution < -0.4 is 4.90 Å². The van der Waals surface area contributed by atoms with E-state index in [1.54, 1.807) is 4.90 Å². The molecule has 4 fully saturated rings. The number of aliphatic hydroxyl groups excluding tert-OH is 1. The number of halogens is 1. The average molecular weight is 336 g/mol. The summed E-state index contributed by atoms with van der Waals surface area (Å²) in [6.07, 6.45) is 0.964. The van der Waals surface area contributed by atoms with Crippen LogP contribution in [0.4, 0.5) is 5.69 Å². The molecule has 4 aliphatic rings. The summed E-state index contributed by atoms with van der Waals surface area (Å²) in [6.45, 7) is 0. The quantitative estimate of drug-likeness (QED) is 0.796. The third-order valence-electron chi connectivity index (χ3n) is 5.56. The Bertz CT molecular complexity index is 604. The van der Waals surface area contributed by atoms with E-state index in [9.17, 15) is 9.90 Å². The maximum Gasteiger partial charge on any atom is 0.233 e. The maximum atomic E-state index is 12.7. The van der Waals surface area contributed by atoms with Gasteiger partial charge in [-0.25, -0.2) is 0 Å². The molecule has 7 atom stereocenters. The fourth-order valence-corrected chi connectivity index (χ4v) is 5.05. The van der Waals surface area contributed by atoms with E-state index in [4.69, 9.17) is 4.74 Å². The molecule has 4 nitrogen and oxygen atoms in total. The molecule has 5 heteroatoms. The van der Waals surface area contributed by atoms with Crippen molar-refractivity contribution in [1.82, 2.24) is 0 Å². The zero-order chi connectivity index (χ0) is 13.6. The summed E-state index contributed by atoms with van der Waals surface area (Å²) in [7, 11) is 0. The molecule has 0 radical (unpaired) electrons. The first kappa shape index (κ1) is 11.7. The van der Waals surface area contributed by atoms with E-state index in [0.717, 1.165) is 16.6 Å². The fraction of sp³-hybridized carbons (Fsp3) is 0.533. The number of nitrogens with zero attached hydrogens (tertiary/aromatic N) is 1. The first-order valence-electron chi connectivity index (χ1n) is 7.09. The van der Waals surface area contributed by atoms with Gasteiger partial charge in [0.05, 0.1) is 18.1 Å². The van der Waals surface area contributed by atoms with Gasteiger partial charge in [0, 0.05) is 22.0 Å². The molecule has 1 aromatic carbocycles. The van der Waals surface area contributed by atoms with Crippen molar-refractivity contribution in [3.05, 3.63) is 28.7 Å². The van der Waals surface area contributed by atoms with Crippen molar-refractivity contribution in [1.29, 1.82) is 0 Å². The molecule has 1 amide bonds. The summed E-state index contributed by atoms with van der Waals surface area (Å²) < 4.78 is 6.61. The second-order valence-corrected chi connectivity index (χ2v) is 7.25. The van der Waals surface area contributed by atoms with E-state index in [-0.39, 0.29) is 17.7 Å². The summed E-state index contributed by atoms with van der Waals surface area (Å²) in [5.41, 5.74) is 0.786. The van der Waals surface area contributed by atoms with Crippen molar-refractivity contribution >= 4 is 27.5 Å². The number of epoxide rings is 1. The third-order valence-corrected chi connectivity index (χ3v) is 6.08. The van der Waals surface area contributed by atoms with Gasteiger partial charge in [-0.3, -0.25) is 9.69 Å². The van der Waals surface area contributed by atoms with Crippen LogP contribution in [0.1, 0.15) is 6.42 Å². The molecule has 5 rings (SSSR count). The van der Waals surface area contributed by atoms with E-state index in [0.29, 0.717) is 24.0 Å². The van der Waals surface area contributed by atoms with Crippen LogP contribution in [-0.4, -0.2) is 29.4 Å². The van der Waals surface area contributed by atoms with Gasteiger partial charge in [-0.1, -0.05) is 15.9 Å². The van der Waals surface area contributed by atoms with Gasteiger partial charge in [-0.15, -0.1) is 0 Å². The number of carbonyl (C=O) groups is 1. The molecular weight excluding hydrogens is 322 g/mol. The molecule has 0 aromatic heterocycles. The van der Waals surface area contributed by atoms with Gasteiger partial charge >= 0.3 is 0 Å². The molecule has 20 heavy (non-hydrogen) atoms. The van der Waals surface area contributed by atoms with Gasteiger partial charge in [-0.05, 0) is 36.6 Å². The van der Waals surface area contributed by atoms with Crippen LogP contribution in [0.5, 0.6) is 0 Å². The molecule has 104 valence electrons. The first-order chi connectivity index (χ1) is 9.66. The van der Waals surface area contributed by atoms with Crippen LogP contribution in [0, 0.1) is 23.7 Å². The van der Waals surface area contributed by atoms with Gasteiger partial charge in [0.1, 0.15) is 6.23 Å². The molecule has 1 aromatic rings. The van der Waals surface area contributed by atoms with E-state index >= 15 is 0 Å². The number of fused-ring (bicyclic) bond motifs is 8. The van der Waals surface area contributed by atoms with Crippen molar-refractivity contribution in [2.24, 2.45) is 23.7 Å². The highest BCUT2D eigenvalue weighted by Crippen LogP contribution is 2.65. The molecule has 0 spiro atoms. The van der Waals surface area contributed by atoms with Gasteiger partial charge in [-0.2, -0.15) is 0 Å². The van der Waals surface area contributed by atoms with Crippen molar-refractivity contribution in [2.45, 2.75) is 24.9 Å². The Labute approximate surface area is 124 Å². The molecule has 2 heterocycles. The summed E-state index contributed by atoms with van der Waals surface area (Å²) in [5, 5.41) is 10.6. The van der Waals surface area contributed by atoms with E-state index in [1.165, 1.54) is 0 Å². The second-order valence-electron chi connectivity index (χ2n) is 6.33. The van der Waals surface area contributed by atoms with Crippen molar-refractivity contribution in [3.8, 4) is 0 Å². The number of hydrogen-bond acceptors (Lipinski definition) is 3. The number of hydrogen-bond donors (Lipinski definition) is 1.